The summed E-state index contributed by atoms with van der Waals surface area (Å²) >= 11 is 1.33. The highest BCUT2D eigenvalue weighted by Crippen LogP contribution is 2.44. The van der Waals surface area contributed by atoms with Crippen LogP contribution in [0.25, 0.3) is 10.4 Å². The molecule has 0 fully saturated rings. The van der Waals surface area contributed by atoms with Gasteiger partial charge in [0.05, 0.1) is 10.4 Å². The Morgan fingerprint density at radius 1 is 1.47 bits per heavy atom. The fourth-order valence-corrected chi connectivity index (χ4v) is 3.19. The number of rotatable bonds is 2. The number of fused-ring (bicyclic) bond motifs is 1. The second-order valence-corrected chi connectivity index (χ2v) is 6.02. The second kappa shape index (κ2) is 4.06. The summed E-state index contributed by atoms with van der Waals surface area (Å²) in [5.41, 5.74) is 3.34. The van der Waals surface area contributed by atoms with Crippen LogP contribution in [0.4, 0.5) is 0 Å². The van der Waals surface area contributed by atoms with Gasteiger partial charge >= 0.3 is 5.97 Å². The average molecular weight is 275 g/mol. The van der Waals surface area contributed by atoms with Crippen molar-refractivity contribution in [1.82, 2.24) is 4.98 Å². The third-order valence-corrected chi connectivity index (χ3v) is 3.97. The molecule has 5 heteroatoms. The number of para-hydroxylation sites is 1. The van der Waals surface area contributed by atoms with Crippen LogP contribution in [-0.2, 0) is 6.42 Å². The smallest absolute Gasteiger partial charge is 0.356 e. The average Bonchev–Trinajstić information content (AvgIpc) is 2.89. The Labute approximate surface area is 114 Å². The highest BCUT2D eigenvalue weighted by molar-refractivity contribution is 7.13. The minimum absolute atomic E-state index is 0.0895. The molecule has 4 nitrogen and oxygen atoms in total. The fourth-order valence-electron chi connectivity index (χ4n) is 2.38. The fraction of sp³-hybridized carbons (Fsp3) is 0.286. The van der Waals surface area contributed by atoms with Crippen molar-refractivity contribution < 1.29 is 14.6 Å². The second-order valence-electron chi connectivity index (χ2n) is 5.17. The zero-order valence-corrected chi connectivity index (χ0v) is 11.5. The first-order valence-corrected chi connectivity index (χ1v) is 6.84. The molecule has 0 aliphatic carbocycles. The Morgan fingerprint density at radius 2 is 2.26 bits per heavy atom. The molecule has 1 aromatic carbocycles. The minimum Gasteiger partial charge on any atom is -0.487 e. The molecule has 2 heterocycles. The van der Waals surface area contributed by atoms with Crippen LogP contribution in [-0.4, -0.2) is 21.7 Å². The van der Waals surface area contributed by atoms with Crippen LogP contribution >= 0.6 is 11.3 Å². The number of hydrogen-bond acceptors (Lipinski definition) is 4. The molecule has 1 aromatic heterocycles. The maximum Gasteiger partial charge on any atom is 0.356 e. The van der Waals surface area contributed by atoms with E-state index >= 15 is 0 Å². The number of nitrogens with zero attached hydrogens (tertiary/aromatic N) is 1. The van der Waals surface area contributed by atoms with Crippen LogP contribution in [0.1, 0.15) is 29.9 Å². The van der Waals surface area contributed by atoms with Crippen LogP contribution in [0.3, 0.4) is 0 Å². The van der Waals surface area contributed by atoms with Crippen LogP contribution < -0.4 is 4.74 Å². The number of ether oxygens (including phenoxy) is 1. The topological polar surface area (TPSA) is 59.4 Å². The normalized spacial score (nSPS) is 15.9. The van der Waals surface area contributed by atoms with Gasteiger partial charge < -0.3 is 9.84 Å². The maximum absolute atomic E-state index is 11.2. The third-order valence-electron chi connectivity index (χ3n) is 3.11. The molecule has 98 valence electrons. The van der Waals surface area contributed by atoms with E-state index in [1.54, 1.807) is 5.51 Å². The summed E-state index contributed by atoms with van der Waals surface area (Å²) in [5, 5.41) is 9.17. The molecule has 0 saturated heterocycles. The molecule has 0 saturated carbocycles. The van der Waals surface area contributed by atoms with Gasteiger partial charge in [0, 0.05) is 12.0 Å². The molecule has 0 atom stereocenters. The van der Waals surface area contributed by atoms with Gasteiger partial charge in [-0.05, 0) is 25.5 Å². The van der Waals surface area contributed by atoms with Crippen molar-refractivity contribution in [1.29, 1.82) is 0 Å². The van der Waals surface area contributed by atoms with E-state index in [1.807, 2.05) is 32.0 Å². The number of carboxylic acid groups (broad SMARTS) is 1. The number of hydrogen-bond donors (Lipinski definition) is 1. The molecule has 1 aliphatic rings. The molecule has 0 amide bonds. The number of thiazole rings is 1. The van der Waals surface area contributed by atoms with Gasteiger partial charge in [0.15, 0.2) is 5.69 Å². The Bertz CT molecular complexity index is 660. The summed E-state index contributed by atoms with van der Waals surface area (Å²) in [7, 11) is 0. The van der Waals surface area contributed by atoms with Gasteiger partial charge in [0.25, 0.3) is 0 Å². The summed E-state index contributed by atoms with van der Waals surface area (Å²) in [4.78, 5) is 15.8. The lowest BCUT2D eigenvalue weighted by molar-refractivity contribution is 0.0692. The van der Waals surface area contributed by atoms with E-state index < -0.39 is 5.97 Å². The summed E-state index contributed by atoms with van der Waals surface area (Å²) in [6, 6.07) is 5.85. The molecule has 0 spiro atoms. The quantitative estimate of drug-likeness (QED) is 0.914. The number of benzene rings is 1. The lowest BCUT2D eigenvalue weighted by Crippen LogP contribution is -2.24. The van der Waals surface area contributed by atoms with Gasteiger partial charge in [0.1, 0.15) is 11.4 Å². The standard InChI is InChI=1S/C14H13NO3S/c1-14(2)6-8-4-3-5-9(11(8)18-14)12-10(13(16)17)15-7-19-12/h3-5,7H,6H2,1-2H3,(H,16,17). The zero-order valence-electron chi connectivity index (χ0n) is 10.6. The predicted molar refractivity (Wildman–Crippen MR) is 72.9 cm³/mol. The van der Waals surface area contributed by atoms with E-state index in [2.05, 4.69) is 4.98 Å². The number of carboxylic acids is 1. The summed E-state index contributed by atoms with van der Waals surface area (Å²) in [5.74, 6) is -0.217. The van der Waals surface area contributed by atoms with Gasteiger partial charge in [-0.15, -0.1) is 11.3 Å². The van der Waals surface area contributed by atoms with Crippen LogP contribution in [0.5, 0.6) is 5.75 Å². The van der Waals surface area contributed by atoms with Crippen molar-refractivity contribution in [2.45, 2.75) is 25.9 Å². The Kier molecular flexibility index (Phi) is 2.60. The molecular weight excluding hydrogens is 262 g/mol. The molecule has 2 aromatic rings. The maximum atomic E-state index is 11.2. The Balaban J connectivity index is 2.16. The van der Waals surface area contributed by atoms with Crippen molar-refractivity contribution in [3.8, 4) is 16.2 Å². The van der Waals surface area contributed by atoms with E-state index in [0.29, 0.717) is 4.88 Å². The van der Waals surface area contributed by atoms with E-state index in [-0.39, 0.29) is 11.3 Å². The van der Waals surface area contributed by atoms with Crippen LogP contribution in [0, 0.1) is 0 Å². The number of carbonyl (C=O) groups is 1. The summed E-state index contributed by atoms with van der Waals surface area (Å²) in [6.07, 6.45) is 0.831. The van der Waals surface area contributed by atoms with Crippen LogP contribution in [0.2, 0.25) is 0 Å². The zero-order chi connectivity index (χ0) is 13.6. The largest absolute Gasteiger partial charge is 0.487 e. The summed E-state index contributed by atoms with van der Waals surface area (Å²) < 4.78 is 5.97. The van der Waals surface area contributed by atoms with Crippen molar-refractivity contribution in [3.63, 3.8) is 0 Å². The predicted octanol–water partition coefficient (Wildman–Crippen LogP) is 3.22. The molecule has 0 bridgehead atoms. The lowest BCUT2D eigenvalue weighted by atomic mass is 10.00. The van der Waals surface area contributed by atoms with Gasteiger partial charge in [-0.2, -0.15) is 0 Å². The molecule has 1 aliphatic heterocycles. The molecule has 19 heavy (non-hydrogen) atoms. The molecule has 3 rings (SSSR count). The highest BCUT2D eigenvalue weighted by Gasteiger charge is 2.33. The summed E-state index contributed by atoms with van der Waals surface area (Å²) in [6.45, 7) is 4.06. The van der Waals surface area contributed by atoms with Crippen molar-refractivity contribution in [3.05, 3.63) is 35.0 Å². The molecule has 1 N–H and O–H groups in total. The number of aromatic nitrogens is 1. The Hall–Kier alpha value is -1.88. The van der Waals surface area contributed by atoms with E-state index in [1.165, 1.54) is 11.3 Å². The molecular formula is C14H13NO3S. The van der Waals surface area contributed by atoms with Gasteiger partial charge in [-0.25, -0.2) is 9.78 Å². The van der Waals surface area contributed by atoms with Crippen molar-refractivity contribution >= 4 is 17.3 Å². The monoisotopic (exact) mass is 275 g/mol. The number of aromatic carboxylic acids is 1. The van der Waals surface area contributed by atoms with E-state index in [0.717, 1.165) is 23.3 Å². The van der Waals surface area contributed by atoms with Crippen molar-refractivity contribution in [2.24, 2.45) is 0 Å². The van der Waals surface area contributed by atoms with Crippen molar-refractivity contribution in [2.75, 3.05) is 0 Å². The lowest BCUT2D eigenvalue weighted by Gasteiger charge is -2.18. The highest BCUT2D eigenvalue weighted by atomic mass is 32.1. The first-order valence-electron chi connectivity index (χ1n) is 5.96. The molecule has 0 unspecified atom stereocenters. The first-order chi connectivity index (χ1) is 8.98. The van der Waals surface area contributed by atoms with Gasteiger partial charge in [0.2, 0.25) is 0 Å². The van der Waals surface area contributed by atoms with Gasteiger partial charge in [-0.1, -0.05) is 12.1 Å². The first kappa shape index (κ1) is 12.2. The third kappa shape index (κ3) is 2.00. The van der Waals surface area contributed by atoms with E-state index in [4.69, 9.17) is 4.74 Å². The van der Waals surface area contributed by atoms with Crippen LogP contribution in [0.15, 0.2) is 23.7 Å². The minimum atomic E-state index is -1.01. The SMILES string of the molecule is CC1(C)Cc2cccc(-c3scnc3C(=O)O)c2O1. The van der Waals surface area contributed by atoms with E-state index in [9.17, 15) is 9.90 Å². The molecule has 0 radical (unpaired) electrons. The Morgan fingerprint density at radius 3 is 3.00 bits per heavy atom. The van der Waals surface area contributed by atoms with Gasteiger partial charge in [-0.3, -0.25) is 0 Å².